The van der Waals surface area contributed by atoms with Crippen molar-refractivity contribution in [1.29, 1.82) is 0 Å². The van der Waals surface area contributed by atoms with E-state index in [0.717, 1.165) is 16.9 Å². The highest BCUT2D eigenvalue weighted by Crippen LogP contribution is 2.24. The van der Waals surface area contributed by atoms with E-state index < -0.39 is 5.91 Å². The number of carbonyl (C=O) groups excluding carboxylic acids is 1. The van der Waals surface area contributed by atoms with Crippen LogP contribution in [-0.4, -0.2) is 23.0 Å². The van der Waals surface area contributed by atoms with Crippen LogP contribution in [0.2, 0.25) is 0 Å². The summed E-state index contributed by atoms with van der Waals surface area (Å²) in [5.74, 6) is 0.714. The molecule has 6 nitrogen and oxygen atoms in total. The van der Waals surface area contributed by atoms with E-state index in [1.165, 1.54) is 6.07 Å². The molecule has 0 aliphatic carbocycles. The first-order valence-electron chi connectivity index (χ1n) is 8.14. The van der Waals surface area contributed by atoms with Gasteiger partial charge in [0, 0.05) is 6.07 Å². The minimum absolute atomic E-state index is 0.0840. The van der Waals surface area contributed by atoms with Crippen LogP contribution in [0.1, 0.15) is 33.5 Å². The van der Waals surface area contributed by atoms with E-state index in [4.69, 9.17) is 4.74 Å². The summed E-state index contributed by atoms with van der Waals surface area (Å²) in [4.78, 5) is 30.9. The first-order valence-corrected chi connectivity index (χ1v) is 8.14. The summed E-state index contributed by atoms with van der Waals surface area (Å²) < 4.78 is 5.20. The van der Waals surface area contributed by atoms with E-state index in [2.05, 4.69) is 15.3 Å². The molecule has 0 spiro atoms. The third-order valence-electron chi connectivity index (χ3n) is 3.95. The standard InChI is InChI=1S/C20H19N3O3/c1-13-21-17(12-18(24)22-13)20(25)23-19(14-6-4-3-5-7-14)15-8-10-16(26-2)11-9-15/h3-12,19H,1-2H3,(H,23,25)(H,21,22,24). The Morgan fingerprint density at radius 2 is 1.73 bits per heavy atom. The zero-order valence-corrected chi connectivity index (χ0v) is 14.5. The number of amides is 1. The molecule has 3 rings (SSSR count). The Kier molecular flexibility index (Phi) is 5.12. The smallest absolute Gasteiger partial charge is 0.270 e. The van der Waals surface area contributed by atoms with E-state index >= 15 is 0 Å². The highest BCUT2D eigenvalue weighted by atomic mass is 16.5. The number of aromatic amines is 1. The third kappa shape index (κ3) is 3.97. The molecule has 132 valence electrons. The largest absolute Gasteiger partial charge is 0.497 e. The predicted octanol–water partition coefficient (Wildman–Crippen LogP) is 2.61. The van der Waals surface area contributed by atoms with Crippen LogP contribution < -0.4 is 15.6 Å². The number of aryl methyl sites for hydroxylation is 1. The number of rotatable bonds is 5. The highest BCUT2D eigenvalue weighted by molar-refractivity contribution is 5.92. The molecular weight excluding hydrogens is 330 g/mol. The molecule has 6 heteroatoms. The molecule has 1 amide bonds. The normalized spacial score (nSPS) is 11.6. The zero-order valence-electron chi connectivity index (χ0n) is 14.5. The SMILES string of the molecule is COc1ccc(C(NC(=O)c2cc(=O)[nH]c(C)n2)c2ccccc2)cc1. The maximum atomic E-state index is 12.7. The quantitative estimate of drug-likeness (QED) is 0.742. The number of hydrogen-bond donors (Lipinski definition) is 2. The van der Waals surface area contributed by atoms with Crippen LogP contribution in [0, 0.1) is 6.92 Å². The Morgan fingerprint density at radius 3 is 2.35 bits per heavy atom. The van der Waals surface area contributed by atoms with Crippen molar-refractivity contribution in [2.75, 3.05) is 7.11 Å². The van der Waals surface area contributed by atoms with Gasteiger partial charge in [0.25, 0.3) is 11.5 Å². The lowest BCUT2D eigenvalue weighted by Crippen LogP contribution is -2.31. The number of methoxy groups -OCH3 is 1. The molecule has 0 aliphatic rings. The summed E-state index contributed by atoms with van der Waals surface area (Å²) in [6.45, 7) is 1.64. The molecule has 1 unspecified atom stereocenters. The average molecular weight is 349 g/mol. The van der Waals surface area contributed by atoms with Gasteiger partial charge < -0.3 is 15.0 Å². The zero-order chi connectivity index (χ0) is 18.5. The van der Waals surface area contributed by atoms with Crippen molar-refractivity contribution in [3.63, 3.8) is 0 Å². The van der Waals surface area contributed by atoms with Gasteiger partial charge in [-0.3, -0.25) is 9.59 Å². The fourth-order valence-corrected chi connectivity index (χ4v) is 2.70. The number of hydrogen-bond acceptors (Lipinski definition) is 4. The number of nitrogens with zero attached hydrogens (tertiary/aromatic N) is 1. The van der Waals surface area contributed by atoms with Crippen LogP contribution >= 0.6 is 0 Å². The summed E-state index contributed by atoms with van der Waals surface area (Å²) >= 11 is 0. The van der Waals surface area contributed by atoms with Gasteiger partial charge in [0.1, 0.15) is 17.3 Å². The van der Waals surface area contributed by atoms with Gasteiger partial charge >= 0.3 is 0 Å². The molecule has 1 atom stereocenters. The van der Waals surface area contributed by atoms with Crippen LogP contribution in [0.3, 0.4) is 0 Å². The number of aromatic nitrogens is 2. The van der Waals surface area contributed by atoms with Crippen molar-refractivity contribution in [2.45, 2.75) is 13.0 Å². The molecule has 1 aromatic heterocycles. The molecule has 1 heterocycles. The molecule has 0 aliphatic heterocycles. The highest BCUT2D eigenvalue weighted by Gasteiger charge is 2.19. The molecule has 0 bridgehead atoms. The Balaban J connectivity index is 1.95. The molecule has 0 radical (unpaired) electrons. The molecule has 0 fully saturated rings. The van der Waals surface area contributed by atoms with Crippen LogP contribution in [0.5, 0.6) is 5.75 Å². The average Bonchev–Trinajstić information content (AvgIpc) is 2.66. The topological polar surface area (TPSA) is 84.1 Å². The van der Waals surface area contributed by atoms with Crippen molar-refractivity contribution in [1.82, 2.24) is 15.3 Å². The lowest BCUT2D eigenvalue weighted by atomic mass is 9.98. The summed E-state index contributed by atoms with van der Waals surface area (Å²) in [7, 11) is 1.60. The summed E-state index contributed by atoms with van der Waals surface area (Å²) in [6, 6.07) is 17.9. The lowest BCUT2D eigenvalue weighted by Gasteiger charge is -2.20. The number of benzene rings is 2. The van der Waals surface area contributed by atoms with Crippen molar-refractivity contribution in [3.05, 3.63) is 93.7 Å². The molecule has 2 N–H and O–H groups in total. The van der Waals surface area contributed by atoms with Gasteiger partial charge in [-0.15, -0.1) is 0 Å². The van der Waals surface area contributed by atoms with Gasteiger partial charge in [-0.1, -0.05) is 42.5 Å². The molecule has 26 heavy (non-hydrogen) atoms. The van der Waals surface area contributed by atoms with Crippen LogP contribution in [0.25, 0.3) is 0 Å². The number of carbonyl (C=O) groups is 1. The monoisotopic (exact) mass is 349 g/mol. The first kappa shape index (κ1) is 17.4. The molecular formula is C20H19N3O3. The fourth-order valence-electron chi connectivity index (χ4n) is 2.70. The van der Waals surface area contributed by atoms with Crippen molar-refractivity contribution in [2.24, 2.45) is 0 Å². The second kappa shape index (κ2) is 7.65. The van der Waals surface area contributed by atoms with E-state index in [0.29, 0.717) is 5.82 Å². The predicted molar refractivity (Wildman–Crippen MR) is 98.3 cm³/mol. The van der Waals surface area contributed by atoms with Crippen molar-refractivity contribution >= 4 is 5.91 Å². The van der Waals surface area contributed by atoms with Crippen LogP contribution in [-0.2, 0) is 0 Å². The van der Waals surface area contributed by atoms with Gasteiger partial charge in [-0.25, -0.2) is 4.98 Å². The number of nitrogens with one attached hydrogen (secondary N) is 2. The molecule has 0 saturated heterocycles. The Morgan fingerprint density at radius 1 is 1.08 bits per heavy atom. The van der Waals surface area contributed by atoms with Gasteiger partial charge in [-0.05, 0) is 30.2 Å². The van der Waals surface area contributed by atoms with Crippen molar-refractivity contribution < 1.29 is 9.53 Å². The molecule has 2 aromatic carbocycles. The first-order chi connectivity index (χ1) is 12.6. The minimum Gasteiger partial charge on any atom is -0.497 e. The minimum atomic E-state index is -0.413. The van der Waals surface area contributed by atoms with E-state index in [-0.39, 0.29) is 17.3 Å². The number of ether oxygens (including phenoxy) is 1. The van der Waals surface area contributed by atoms with E-state index in [9.17, 15) is 9.59 Å². The Labute approximate surface area is 150 Å². The second-order valence-electron chi connectivity index (χ2n) is 5.81. The van der Waals surface area contributed by atoms with E-state index in [1.54, 1.807) is 14.0 Å². The maximum absolute atomic E-state index is 12.7. The fraction of sp³-hybridized carbons (Fsp3) is 0.150. The summed E-state index contributed by atoms with van der Waals surface area (Å²) in [6.07, 6.45) is 0. The Bertz CT molecular complexity index is 950. The van der Waals surface area contributed by atoms with Crippen LogP contribution in [0.15, 0.2) is 65.5 Å². The van der Waals surface area contributed by atoms with Crippen molar-refractivity contribution in [3.8, 4) is 5.75 Å². The maximum Gasteiger partial charge on any atom is 0.270 e. The second-order valence-corrected chi connectivity index (χ2v) is 5.81. The van der Waals surface area contributed by atoms with Gasteiger partial charge in [0.15, 0.2) is 0 Å². The van der Waals surface area contributed by atoms with Gasteiger partial charge in [-0.2, -0.15) is 0 Å². The van der Waals surface area contributed by atoms with Gasteiger partial charge in [0.05, 0.1) is 13.2 Å². The van der Waals surface area contributed by atoms with Crippen LogP contribution in [0.4, 0.5) is 0 Å². The number of H-pyrrole nitrogens is 1. The summed E-state index contributed by atoms with van der Waals surface area (Å²) in [5.41, 5.74) is 1.54. The lowest BCUT2D eigenvalue weighted by molar-refractivity contribution is 0.0937. The molecule has 0 saturated carbocycles. The third-order valence-corrected chi connectivity index (χ3v) is 3.95. The Hall–Kier alpha value is -3.41. The summed E-state index contributed by atoms with van der Waals surface area (Å²) in [5, 5.41) is 2.96. The van der Waals surface area contributed by atoms with Gasteiger partial charge in [0.2, 0.25) is 0 Å². The van der Waals surface area contributed by atoms with E-state index in [1.807, 2.05) is 54.6 Å². The molecule has 3 aromatic rings.